The maximum absolute atomic E-state index is 14.4. The van der Waals surface area contributed by atoms with E-state index in [1.54, 1.807) is 43.9 Å². The maximum Gasteiger partial charge on any atom is 0.410 e. The van der Waals surface area contributed by atoms with Crippen molar-refractivity contribution in [2.45, 2.75) is 39.2 Å². The zero-order chi connectivity index (χ0) is 33.9. The summed E-state index contributed by atoms with van der Waals surface area (Å²) < 4.78 is 38.7. The Morgan fingerprint density at radius 2 is 1.39 bits per heavy atom. The summed E-state index contributed by atoms with van der Waals surface area (Å²) in [6, 6.07) is 6.54. The van der Waals surface area contributed by atoms with Gasteiger partial charge in [-0.2, -0.15) is 0 Å². The van der Waals surface area contributed by atoms with Crippen molar-refractivity contribution in [3.05, 3.63) is 35.4 Å². The lowest BCUT2D eigenvalue weighted by Gasteiger charge is -2.33. The number of Topliss-reactive ketones (excluding diaryl/α,β-unsaturated/α-hetero) is 1. The molecule has 12 nitrogen and oxygen atoms in total. The van der Waals surface area contributed by atoms with E-state index in [1.165, 1.54) is 48.7 Å². The minimum absolute atomic E-state index is 0.159. The Balaban J connectivity index is 2.02. The summed E-state index contributed by atoms with van der Waals surface area (Å²) in [5.74, 6) is -0.992. The normalized spacial score (nSPS) is 13.6. The first kappa shape index (κ1) is 34.0. The van der Waals surface area contributed by atoms with Crippen LogP contribution in [-0.2, 0) is 9.47 Å². The Hall–Kier alpha value is -4.87. The van der Waals surface area contributed by atoms with E-state index in [0.29, 0.717) is 17.1 Å². The number of fused-ring (bicyclic) bond motifs is 1. The maximum atomic E-state index is 14.4. The topological polar surface area (TPSA) is 139 Å². The van der Waals surface area contributed by atoms with E-state index in [4.69, 9.17) is 33.2 Å². The summed E-state index contributed by atoms with van der Waals surface area (Å²) in [6.07, 6.45) is 0.111. The number of piperidine rings is 1. The highest BCUT2D eigenvalue weighted by Crippen LogP contribution is 2.53. The number of nitrogens with zero attached hydrogens (tertiary/aromatic N) is 1. The average molecular weight is 640 g/mol. The number of carbonyl (C=O) groups is 3. The highest BCUT2D eigenvalue weighted by atomic mass is 16.6. The number of ketones is 1. The standard InChI is InChI=1S/C34H41NO11/c1-34(2,3)46-33(39)35-14-12-18(13-15-35)28(36)27-26(32(38)45-9)24(19-10-11-21(40-4)22(16-19)41-5)25-20(29(27)37)17-23(42-6)30(43-7)31(25)44-8/h10-11,16-18,37H,12-15H2,1-9H3. The van der Waals surface area contributed by atoms with Gasteiger partial charge in [-0.3, -0.25) is 4.79 Å². The second-order valence-electron chi connectivity index (χ2n) is 11.7. The summed E-state index contributed by atoms with van der Waals surface area (Å²) in [5.41, 5.74) is -0.351. The SMILES string of the molecule is COC(=O)c1c(C(=O)C2CCN(C(=O)OC(C)(C)C)CC2)c(O)c2cc(OC)c(OC)c(OC)c2c1-c1ccc(OC)c(OC)c1. The molecule has 12 heteroatoms. The largest absolute Gasteiger partial charge is 0.507 e. The van der Waals surface area contributed by atoms with Crippen molar-refractivity contribution in [3.8, 4) is 45.6 Å². The number of hydrogen-bond donors (Lipinski definition) is 1. The Labute approximate surface area is 268 Å². The predicted molar refractivity (Wildman–Crippen MR) is 170 cm³/mol. The summed E-state index contributed by atoms with van der Waals surface area (Å²) >= 11 is 0. The van der Waals surface area contributed by atoms with Crippen LogP contribution in [0.1, 0.15) is 54.3 Å². The van der Waals surface area contributed by atoms with Crippen LogP contribution in [-0.4, -0.2) is 89.2 Å². The number of aromatic hydroxyl groups is 1. The number of esters is 1. The van der Waals surface area contributed by atoms with Crippen LogP contribution in [0.15, 0.2) is 24.3 Å². The van der Waals surface area contributed by atoms with Crippen LogP contribution in [0.4, 0.5) is 4.79 Å². The van der Waals surface area contributed by atoms with Gasteiger partial charge in [0, 0.05) is 35.3 Å². The third-order valence-electron chi connectivity index (χ3n) is 7.90. The molecule has 0 unspecified atom stereocenters. The van der Waals surface area contributed by atoms with Crippen molar-refractivity contribution in [1.29, 1.82) is 0 Å². The monoisotopic (exact) mass is 639 g/mol. The van der Waals surface area contributed by atoms with Crippen molar-refractivity contribution in [3.63, 3.8) is 0 Å². The van der Waals surface area contributed by atoms with Gasteiger partial charge < -0.3 is 43.2 Å². The molecule has 0 radical (unpaired) electrons. The second kappa shape index (κ2) is 13.6. The number of phenolic OH excluding ortho intramolecular Hbond substituents is 1. The Morgan fingerprint density at radius 1 is 0.783 bits per heavy atom. The van der Waals surface area contributed by atoms with Gasteiger partial charge in [-0.15, -0.1) is 0 Å². The lowest BCUT2D eigenvalue weighted by atomic mass is 9.81. The molecule has 0 aromatic heterocycles. The predicted octanol–water partition coefficient (Wildman–Crippen LogP) is 5.87. The van der Waals surface area contributed by atoms with Crippen LogP contribution in [0.2, 0.25) is 0 Å². The first-order valence-electron chi connectivity index (χ1n) is 14.7. The van der Waals surface area contributed by atoms with E-state index < -0.39 is 35.1 Å². The van der Waals surface area contributed by atoms with E-state index in [2.05, 4.69) is 0 Å². The molecular weight excluding hydrogens is 598 g/mol. The van der Waals surface area contributed by atoms with Gasteiger partial charge in [0.2, 0.25) is 5.75 Å². The number of methoxy groups -OCH3 is 6. The van der Waals surface area contributed by atoms with Crippen molar-refractivity contribution >= 4 is 28.6 Å². The van der Waals surface area contributed by atoms with Gasteiger partial charge in [0.25, 0.3) is 0 Å². The smallest absolute Gasteiger partial charge is 0.410 e. The zero-order valence-electron chi connectivity index (χ0n) is 27.7. The van der Waals surface area contributed by atoms with Gasteiger partial charge in [0.1, 0.15) is 11.4 Å². The molecule has 3 aromatic carbocycles. The van der Waals surface area contributed by atoms with Crippen molar-refractivity contribution in [2.75, 3.05) is 55.7 Å². The van der Waals surface area contributed by atoms with Gasteiger partial charge in [0.15, 0.2) is 28.8 Å². The van der Waals surface area contributed by atoms with E-state index in [9.17, 15) is 19.5 Å². The number of rotatable bonds is 9. The quantitative estimate of drug-likeness (QED) is 0.222. The van der Waals surface area contributed by atoms with Crippen LogP contribution >= 0.6 is 0 Å². The molecule has 4 rings (SSSR count). The molecule has 1 amide bonds. The molecule has 0 aliphatic carbocycles. The number of likely N-dealkylation sites (tertiary alicyclic amines) is 1. The van der Waals surface area contributed by atoms with E-state index >= 15 is 0 Å². The summed E-state index contributed by atoms with van der Waals surface area (Å²) in [7, 11) is 8.46. The Bertz CT molecular complexity index is 1650. The second-order valence-corrected chi connectivity index (χ2v) is 11.7. The highest BCUT2D eigenvalue weighted by Gasteiger charge is 2.37. The Morgan fingerprint density at radius 3 is 1.91 bits per heavy atom. The van der Waals surface area contributed by atoms with Crippen LogP contribution in [0.5, 0.6) is 34.5 Å². The number of hydrogen-bond acceptors (Lipinski definition) is 11. The molecule has 46 heavy (non-hydrogen) atoms. The van der Waals surface area contributed by atoms with Gasteiger partial charge >= 0.3 is 12.1 Å². The molecule has 1 aliphatic rings. The molecule has 1 heterocycles. The van der Waals surface area contributed by atoms with Crippen molar-refractivity contribution in [1.82, 2.24) is 4.90 Å². The molecular formula is C34H41NO11. The van der Waals surface area contributed by atoms with Gasteiger partial charge in [-0.25, -0.2) is 9.59 Å². The summed E-state index contributed by atoms with van der Waals surface area (Å²) in [6.45, 7) is 5.87. The van der Waals surface area contributed by atoms with Crippen molar-refractivity contribution in [2.24, 2.45) is 5.92 Å². The van der Waals surface area contributed by atoms with Crippen LogP contribution in [0, 0.1) is 5.92 Å². The average Bonchev–Trinajstić information content (AvgIpc) is 3.05. The van der Waals surface area contributed by atoms with Crippen LogP contribution in [0.3, 0.4) is 0 Å². The van der Waals surface area contributed by atoms with E-state index in [0.717, 1.165) is 0 Å². The fourth-order valence-corrected chi connectivity index (χ4v) is 5.78. The minimum Gasteiger partial charge on any atom is -0.507 e. The molecule has 1 N–H and O–H groups in total. The first-order chi connectivity index (χ1) is 21.8. The third-order valence-corrected chi connectivity index (χ3v) is 7.90. The molecule has 248 valence electrons. The molecule has 1 fully saturated rings. The molecule has 1 saturated heterocycles. The summed E-state index contributed by atoms with van der Waals surface area (Å²) in [5, 5.41) is 12.4. The number of ether oxygens (including phenoxy) is 7. The molecule has 3 aromatic rings. The van der Waals surface area contributed by atoms with E-state index in [1.807, 2.05) is 0 Å². The van der Waals surface area contributed by atoms with Gasteiger partial charge in [-0.05, 0) is 57.4 Å². The van der Waals surface area contributed by atoms with Crippen LogP contribution < -0.4 is 23.7 Å². The lowest BCUT2D eigenvalue weighted by Crippen LogP contribution is -2.43. The number of benzene rings is 3. The number of phenols is 1. The Kier molecular flexibility index (Phi) is 10.1. The third kappa shape index (κ3) is 6.29. The van der Waals surface area contributed by atoms with Crippen molar-refractivity contribution < 1.29 is 52.6 Å². The fraction of sp³-hybridized carbons (Fsp3) is 0.441. The molecule has 0 saturated carbocycles. The lowest BCUT2D eigenvalue weighted by molar-refractivity contribution is 0.0182. The molecule has 0 atom stereocenters. The molecule has 0 spiro atoms. The van der Waals surface area contributed by atoms with Gasteiger partial charge in [0.05, 0.1) is 53.8 Å². The molecule has 0 bridgehead atoms. The summed E-state index contributed by atoms with van der Waals surface area (Å²) in [4.78, 5) is 42.4. The van der Waals surface area contributed by atoms with Crippen LogP contribution in [0.25, 0.3) is 21.9 Å². The first-order valence-corrected chi connectivity index (χ1v) is 14.7. The number of carbonyl (C=O) groups excluding carboxylic acids is 3. The van der Waals surface area contributed by atoms with E-state index in [-0.39, 0.29) is 70.6 Å². The van der Waals surface area contributed by atoms with Gasteiger partial charge in [-0.1, -0.05) is 6.07 Å². The number of amides is 1. The fourth-order valence-electron chi connectivity index (χ4n) is 5.78. The minimum atomic E-state index is -0.853. The zero-order valence-corrected chi connectivity index (χ0v) is 27.7. The highest BCUT2D eigenvalue weighted by molar-refractivity contribution is 6.22. The molecule has 1 aliphatic heterocycles.